The summed E-state index contributed by atoms with van der Waals surface area (Å²) >= 11 is 0. The Morgan fingerprint density at radius 1 is 0.729 bits per heavy atom. The van der Waals surface area contributed by atoms with Crippen LogP contribution in [0.3, 0.4) is 0 Å². The fourth-order valence-corrected chi connectivity index (χ4v) is 6.35. The summed E-state index contributed by atoms with van der Waals surface area (Å²) < 4.78 is 38.4. The fraction of sp³-hybridized carbons (Fsp3) is 0.892. The number of hydrogen-bond donors (Lipinski definition) is 2. The average Bonchev–Trinajstić information content (AvgIpc) is 3.82. The van der Waals surface area contributed by atoms with Gasteiger partial charge in [-0.2, -0.15) is 0 Å². The summed E-state index contributed by atoms with van der Waals surface area (Å²) in [6.07, 6.45) is 29.8. The molecule has 1 heterocycles. The molecule has 10 nitrogen and oxygen atoms in total. The minimum Gasteiger partial charge on any atom is -0.462 e. The van der Waals surface area contributed by atoms with Crippen LogP contribution in [0.15, 0.2) is 12.2 Å². The zero-order valence-corrected chi connectivity index (χ0v) is 31.3. The minimum absolute atomic E-state index is 0.0514. The maximum absolute atomic E-state index is 12.5. The minimum atomic E-state index is -4.37. The van der Waals surface area contributed by atoms with Gasteiger partial charge in [-0.15, -0.1) is 0 Å². The summed E-state index contributed by atoms with van der Waals surface area (Å²) in [4.78, 5) is 34.7. The SMILES string of the molecule is CCCCCCCCCCCCCC(=O)O[C@H](COC(=O)CCCCCCC/C=C\CC1OC1CCCCC)COP(=O)(O)OCCN. The van der Waals surface area contributed by atoms with E-state index in [0.29, 0.717) is 25.0 Å². The molecule has 0 aliphatic carbocycles. The Morgan fingerprint density at radius 3 is 1.92 bits per heavy atom. The molecule has 0 aromatic heterocycles. The van der Waals surface area contributed by atoms with E-state index in [1.807, 2.05) is 0 Å². The van der Waals surface area contributed by atoms with E-state index in [1.165, 1.54) is 70.6 Å². The second-order valence-electron chi connectivity index (χ2n) is 13.2. The molecule has 282 valence electrons. The number of unbranched alkanes of at least 4 members (excludes halogenated alkanes) is 17. The summed E-state index contributed by atoms with van der Waals surface area (Å²) in [6, 6.07) is 0. The van der Waals surface area contributed by atoms with Crippen molar-refractivity contribution >= 4 is 19.8 Å². The van der Waals surface area contributed by atoms with Gasteiger partial charge in [0.2, 0.25) is 0 Å². The van der Waals surface area contributed by atoms with Crippen LogP contribution >= 0.6 is 7.82 Å². The van der Waals surface area contributed by atoms with E-state index in [2.05, 4.69) is 26.0 Å². The molecular weight excluding hydrogens is 633 g/mol. The predicted molar refractivity (Wildman–Crippen MR) is 192 cm³/mol. The Bertz CT molecular complexity index is 872. The lowest BCUT2D eigenvalue weighted by Crippen LogP contribution is -2.29. The van der Waals surface area contributed by atoms with Crippen LogP contribution in [0.1, 0.15) is 168 Å². The maximum atomic E-state index is 12.5. The van der Waals surface area contributed by atoms with E-state index in [1.54, 1.807) is 0 Å². The highest BCUT2D eigenvalue weighted by Gasteiger charge is 2.36. The van der Waals surface area contributed by atoms with Gasteiger partial charge >= 0.3 is 19.8 Å². The van der Waals surface area contributed by atoms with Crippen LogP contribution in [-0.4, -0.2) is 61.5 Å². The van der Waals surface area contributed by atoms with Gasteiger partial charge in [0.15, 0.2) is 6.10 Å². The number of nitrogens with two attached hydrogens (primary N) is 1. The van der Waals surface area contributed by atoms with Crippen molar-refractivity contribution in [1.29, 1.82) is 0 Å². The lowest BCUT2D eigenvalue weighted by Gasteiger charge is -2.19. The van der Waals surface area contributed by atoms with E-state index < -0.39 is 32.5 Å². The Morgan fingerprint density at radius 2 is 1.29 bits per heavy atom. The maximum Gasteiger partial charge on any atom is 0.472 e. The van der Waals surface area contributed by atoms with Crippen LogP contribution in [-0.2, 0) is 37.4 Å². The normalized spacial score (nSPS) is 17.8. The molecule has 4 atom stereocenters. The van der Waals surface area contributed by atoms with Gasteiger partial charge in [0.25, 0.3) is 0 Å². The van der Waals surface area contributed by atoms with Crippen LogP contribution in [0.4, 0.5) is 0 Å². The number of hydrogen-bond acceptors (Lipinski definition) is 9. The van der Waals surface area contributed by atoms with Crippen molar-refractivity contribution in [3.8, 4) is 0 Å². The molecule has 0 bridgehead atoms. The summed E-state index contributed by atoms with van der Waals surface area (Å²) in [5, 5.41) is 0. The van der Waals surface area contributed by atoms with Gasteiger partial charge in [-0.1, -0.05) is 129 Å². The van der Waals surface area contributed by atoms with Gasteiger partial charge in [0, 0.05) is 19.4 Å². The highest BCUT2D eigenvalue weighted by molar-refractivity contribution is 7.47. The third-order valence-corrected chi connectivity index (χ3v) is 9.56. The Balaban J connectivity index is 2.20. The average molecular weight is 704 g/mol. The topological polar surface area (TPSA) is 147 Å². The monoisotopic (exact) mass is 703 g/mol. The largest absolute Gasteiger partial charge is 0.472 e. The van der Waals surface area contributed by atoms with Crippen molar-refractivity contribution in [2.45, 2.75) is 186 Å². The summed E-state index contributed by atoms with van der Waals surface area (Å²) in [5.41, 5.74) is 5.33. The Kier molecular flexibility index (Phi) is 28.4. The molecule has 1 aliphatic rings. The molecule has 0 amide bonds. The Labute approximate surface area is 292 Å². The van der Waals surface area contributed by atoms with E-state index in [9.17, 15) is 19.0 Å². The molecule has 1 rings (SSSR count). The first-order chi connectivity index (χ1) is 23.3. The summed E-state index contributed by atoms with van der Waals surface area (Å²) in [7, 11) is -4.37. The third-order valence-electron chi connectivity index (χ3n) is 8.58. The first-order valence-corrected chi connectivity index (χ1v) is 20.8. The lowest BCUT2D eigenvalue weighted by atomic mass is 10.1. The third kappa shape index (κ3) is 27.5. The quantitative estimate of drug-likeness (QED) is 0.0215. The highest BCUT2D eigenvalue weighted by atomic mass is 31.2. The molecule has 0 saturated carbocycles. The van der Waals surface area contributed by atoms with Crippen molar-refractivity contribution < 1.29 is 42.3 Å². The number of ether oxygens (including phenoxy) is 3. The van der Waals surface area contributed by atoms with Crippen molar-refractivity contribution in [3.05, 3.63) is 12.2 Å². The van der Waals surface area contributed by atoms with Gasteiger partial charge in [-0.25, -0.2) is 4.57 Å². The van der Waals surface area contributed by atoms with Gasteiger partial charge in [-0.05, 0) is 38.5 Å². The zero-order valence-electron chi connectivity index (χ0n) is 30.4. The molecule has 48 heavy (non-hydrogen) atoms. The van der Waals surface area contributed by atoms with E-state index in [-0.39, 0.29) is 32.6 Å². The Hall–Kier alpha value is -1.29. The lowest BCUT2D eigenvalue weighted by molar-refractivity contribution is -0.161. The highest BCUT2D eigenvalue weighted by Crippen LogP contribution is 2.43. The number of phosphoric ester groups is 1. The van der Waals surface area contributed by atoms with Gasteiger partial charge < -0.3 is 24.8 Å². The molecule has 0 radical (unpaired) electrons. The van der Waals surface area contributed by atoms with E-state index in [4.69, 9.17) is 29.0 Å². The van der Waals surface area contributed by atoms with E-state index in [0.717, 1.165) is 57.8 Å². The van der Waals surface area contributed by atoms with Crippen LogP contribution in [0, 0.1) is 0 Å². The molecule has 11 heteroatoms. The van der Waals surface area contributed by atoms with Crippen molar-refractivity contribution in [3.63, 3.8) is 0 Å². The second-order valence-corrected chi connectivity index (χ2v) is 14.6. The number of carbonyl (C=O) groups excluding carboxylic acids is 2. The molecule has 1 saturated heterocycles. The number of carbonyl (C=O) groups is 2. The number of epoxide rings is 1. The van der Waals surface area contributed by atoms with Crippen LogP contribution < -0.4 is 5.73 Å². The molecule has 3 unspecified atom stereocenters. The van der Waals surface area contributed by atoms with Gasteiger partial charge in [0.1, 0.15) is 6.61 Å². The number of allylic oxidation sites excluding steroid dienone is 1. The van der Waals surface area contributed by atoms with Gasteiger partial charge in [0.05, 0.1) is 25.4 Å². The summed E-state index contributed by atoms with van der Waals surface area (Å²) in [6.45, 7) is 3.66. The molecule has 0 aromatic carbocycles. The zero-order chi connectivity index (χ0) is 35.1. The summed E-state index contributed by atoms with van der Waals surface area (Å²) in [5.74, 6) is -0.847. The van der Waals surface area contributed by atoms with Gasteiger partial charge in [-0.3, -0.25) is 18.6 Å². The van der Waals surface area contributed by atoms with Crippen LogP contribution in [0.5, 0.6) is 0 Å². The molecular formula is C37H70NO9P. The molecule has 0 aromatic rings. The fourth-order valence-electron chi connectivity index (χ4n) is 5.58. The first kappa shape index (κ1) is 44.7. The number of esters is 2. The van der Waals surface area contributed by atoms with Crippen molar-refractivity contribution in [2.75, 3.05) is 26.4 Å². The van der Waals surface area contributed by atoms with Crippen molar-refractivity contribution in [1.82, 2.24) is 0 Å². The number of phosphoric acid groups is 1. The molecule has 1 aliphatic heterocycles. The van der Waals surface area contributed by atoms with Crippen LogP contribution in [0.2, 0.25) is 0 Å². The van der Waals surface area contributed by atoms with Crippen molar-refractivity contribution in [2.24, 2.45) is 5.73 Å². The van der Waals surface area contributed by atoms with E-state index >= 15 is 0 Å². The first-order valence-electron chi connectivity index (χ1n) is 19.3. The predicted octanol–water partition coefficient (Wildman–Crippen LogP) is 9.26. The molecule has 3 N–H and O–H groups in total. The smallest absolute Gasteiger partial charge is 0.462 e. The van der Waals surface area contributed by atoms with Crippen LogP contribution in [0.25, 0.3) is 0 Å². The molecule has 1 fully saturated rings. The standard InChI is InChI=1S/C37H70NO9P/c1-3-5-7-8-9-10-11-12-17-20-24-28-37(40)46-33(32-45-48(41,42)44-30-29-38)31-43-36(39)27-23-19-16-14-13-15-18-22-26-35-34(47-35)25-21-6-4-2/h18,22,33-35H,3-17,19-21,23-32,38H2,1-2H3,(H,41,42)/b22-18-/t33-,34?,35?/m1/s1. The second kappa shape index (κ2) is 30.5. The molecule has 0 spiro atoms. The number of rotatable bonds is 35.